The molecular weight excluding hydrogens is 534 g/mol. The van der Waals surface area contributed by atoms with Crippen LogP contribution in [-0.4, -0.2) is 77.4 Å². The number of aliphatic hydroxyl groups is 1. The average molecular weight is 564 g/mol. The summed E-state index contributed by atoms with van der Waals surface area (Å²) < 4.78 is 27.4. The van der Waals surface area contributed by atoms with Crippen LogP contribution in [0.1, 0.15) is 72.9 Å². The smallest absolute Gasteiger partial charge is 0.292 e. The fourth-order valence-corrected chi connectivity index (χ4v) is 7.70. The number of nitrogen functional groups attached to an aromatic ring is 1. The highest BCUT2D eigenvalue weighted by atomic mass is 32.2. The number of nitrogens with two attached hydrogens (primary N) is 1. The molecule has 1 amide bonds. The number of pyridine rings is 1. The monoisotopic (exact) mass is 563 g/mol. The largest absolute Gasteiger partial charge is 0.384 e. The van der Waals surface area contributed by atoms with Crippen LogP contribution in [0.3, 0.4) is 0 Å². The van der Waals surface area contributed by atoms with Gasteiger partial charge in [-0.05, 0) is 51.0 Å². The summed E-state index contributed by atoms with van der Waals surface area (Å²) in [5.41, 5.74) is 8.48. The maximum absolute atomic E-state index is 13.1. The highest BCUT2D eigenvalue weighted by Crippen LogP contribution is 2.46. The predicted molar refractivity (Wildman–Crippen MR) is 143 cm³/mol. The normalized spacial score (nSPS) is 23.9. The minimum Gasteiger partial charge on any atom is -0.384 e. The highest BCUT2D eigenvalue weighted by Gasteiger charge is 2.46. The number of sulfone groups is 1. The molecule has 2 bridgehead atoms. The zero-order valence-corrected chi connectivity index (χ0v) is 22.7. The van der Waals surface area contributed by atoms with Crippen LogP contribution in [-0.2, 0) is 15.4 Å². The Labute approximate surface area is 229 Å². The van der Waals surface area contributed by atoms with Crippen LogP contribution in [0.4, 0.5) is 5.82 Å². The second kappa shape index (κ2) is 8.80. The minimum absolute atomic E-state index is 0.00891. The van der Waals surface area contributed by atoms with Crippen LogP contribution in [0.2, 0.25) is 0 Å². The molecule has 2 saturated heterocycles. The van der Waals surface area contributed by atoms with Gasteiger partial charge in [-0.2, -0.15) is 9.61 Å². The number of amides is 1. The van der Waals surface area contributed by atoms with Gasteiger partial charge in [0.1, 0.15) is 22.6 Å². The zero-order chi connectivity index (χ0) is 27.8. The van der Waals surface area contributed by atoms with Crippen molar-refractivity contribution in [1.29, 1.82) is 0 Å². The molecule has 7 rings (SSSR count). The minimum atomic E-state index is -3.75. The van der Waals surface area contributed by atoms with Gasteiger partial charge >= 0.3 is 0 Å². The Morgan fingerprint density at radius 3 is 2.50 bits per heavy atom. The van der Waals surface area contributed by atoms with E-state index in [0.29, 0.717) is 48.3 Å². The molecular formula is C26H29N9O4S. The lowest BCUT2D eigenvalue weighted by molar-refractivity contribution is -0.0426. The third-order valence-corrected chi connectivity index (χ3v) is 9.90. The van der Waals surface area contributed by atoms with Crippen LogP contribution in [0.5, 0.6) is 0 Å². The standard InChI is InChI=1S/C26H29N9O4S/c1-40(38,39)21-20(15-9-16-4-5-17(10-15)34(16)25(36)23-29-13-30-33-23)32-24-18(12-31-35(24)22(21)27)14-3-6-19(28-11-14)26(37)7-2-8-26/h3,6,11-13,15-17,37H,2,4-5,7-10,27H2,1H3,(H,29,30,33)/t15-,16+,17-. The van der Waals surface area contributed by atoms with Crippen LogP contribution < -0.4 is 5.73 Å². The molecule has 208 valence electrons. The van der Waals surface area contributed by atoms with E-state index in [-0.39, 0.29) is 40.4 Å². The number of anilines is 1. The highest BCUT2D eigenvalue weighted by molar-refractivity contribution is 7.91. The maximum Gasteiger partial charge on any atom is 0.292 e. The van der Waals surface area contributed by atoms with Gasteiger partial charge in [-0.1, -0.05) is 6.07 Å². The molecule has 14 heteroatoms. The summed E-state index contributed by atoms with van der Waals surface area (Å²) in [6.07, 6.45) is 10.9. The van der Waals surface area contributed by atoms with Gasteiger partial charge in [0, 0.05) is 41.6 Å². The second-order valence-corrected chi connectivity index (χ2v) is 13.2. The second-order valence-electron chi connectivity index (χ2n) is 11.2. The Bertz CT molecular complexity index is 1720. The number of H-pyrrole nitrogens is 1. The number of piperidine rings is 1. The molecule has 3 fully saturated rings. The summed E-state index contributed by atoms with van der Waals surface area (Å²) in [6.45, 7) is 0. The molecule has 0 unspecified atom stereocenters. The molecule has 3 atom stereocenters. The predicted octanol–water partition coefficient (Wildman–Crippen LogP) is 1.82. The van der Waals surface area contributed by atoms with E-state index in [2.05, 4.69) is 25.3 Å². The van der Waals surface area contributed by atoms with Crippen molar-refractivity contribution in [2.24, 2.45) is 0 Å². The van der Waals surface area contributed by atoms with E-state index < -0.39 is 15.4 Å². The lowest BCUT2D eigenvalue weighted by Crippen LogP contribution is -2.46. The first-order chi connectivity index (χ1) is 19.1. The summed E-state index contributed by atoms with van der Waals surface area (Å²) in [4.78, 5) is 27.2. The summed E-state index contributed by atoms with van der Waals surface area (Å²) in [5, 5.41) is 22.6. The zero-order valence-electron chi connectivity index (χ0n) is 21.9. The Kier molecular flexibility index (Phi) is 5.52. The molecule has 4 aromatic rings. The number of aromatic amines is 1. The van der Waals surface area contributed by atoms with Gasteiger partial charge in [0.2, 0.25) is 5.82 Å². The van der Waals surface area contributed by atoms with Crippen LogP contribution in [0.25, 0.3) is 16.8 Å². The van der Waals surface area contributed by atoms with Gasteiger partial charge in [0.15, 0.2) is 15.5 Å². The fourth-order valence-electron chi connectivity index (χ4n) is 6.64. The number of hydrogen-bond donors (Lipinski definition) is 3. The third kappa shape index (κ3) is 3.80. The number of carbonyl (C=O) groups is 1. The van der Waals surface area contributed by atoms with E-state index in [1.54, 1.807) is 12.4 Å². The van der Waals surface area contributed by atoms with Gasteiger partial charge in [-0.15, -0.1) is 10.2 Å². The molecule has 0 aromatic carbocycles. The van der Waals surface area contributed by atoms with Crippen molar-refractivity contribution >= 4 is 27.2 Å². The topological polar surface area (TPSA) is 185 Å². The number of aromatic nitrogens is 7. The van der Waals surface area contributed by atoms with Crippen molar-refractivity contribution in [3.05, 3.63) is 48.1 Å². The molecule has 0 radical (unpaired) electrons. The van der Waals surface area contributed by atoms with Gasteiger partial charge < -0.3 is 20.7 Å². The first-order valence-electron chi connectivity index (χ1n) is 13.4. The number of hydrogen-bond acceptors (Lipinski definition) is 10. The van der Waals surface area contributed by atoms with Crippen LogP contribution in [0.15, 0.2) is 35.7 Å². The number of rotatable bonds is 5. The lowest BCUT2D eigenvalue weighted by atomic mass is 9.77. The average Bonchev–Trinajstić information content (AvgIpc) is 3.65. The Morgan fingerprint density at radius 2 is 1.93 bits per heavy atom. The van der Waals surface area contributed by atoms with Crippen molar-refractivity contribution < 1.29 is 18.3 Å². The van der Waals surface area contributed by atoms with Crippen molar-refractivity contribution in [3.8, 4) is 11.1 Å². The van der Waals surface area contributed by atoms with Crippen molar-refractivity contribution in [2.45, 2.75) is 73.4 Å². The van der Waals surface area contributed by atoms with Crippen LogP contribution >= 0.6 is 0 Å². The summed E-state index contributed by atoms with van der Waals surface area (Å²) in [6, 6.07) is 3.52. The number of nitrogens with zero attached hydrogens (tertiary/aromatic N) is 7. The Hall–Kier alpha value is -3.91. The maximum atomic E-state index is 13.1. The van der Waals surface area contributed by atoms with Gasteiger partial charge in [0.25, 0.3) is 5.91 Å². The summed E-state index contributed by atoms with van der Waals surface area (Å²) in [5.74, 6) is -0.210. The molecule has 4 N–H and O–H groups in total. The number of nitrogens with one attached hydrogen (secondary N) is 1. The van der Waals surface area contributed by atoms with Crippen molar-refractivity contribution in [1.82, 2.24) is 39.7 Å². The Balaban J connectivity index is 1.28. The van der Waals surface area contributed by atoms with E-state index in [1.807, 2.05) is 17.0 Å². The van der Waals surface area contributed by atoms with Crippen LogP contribution in [0, 0.1) is 0 Å². The van der Waals surface area contributed by atoms with Crippen molar-refractivity contribution in [2.75, 3.05) is 12.0 Å². The van der Waals surface area contributed by atoms with Gasteiger partial charge in [-0.3, -0.25) is 9.78 Å². The molecule has 3 aliphatic rings. The third-order valence-electron chi connectivity index (χ3n) is 8.74. The molecule has 6 heterocycles. The summed E-state index contributed by atoms with van der Waals surface area (Å²) in [7, 11) is -3.75. The van der Waals surface area contributed by atoms with E-state index in [9.17, 15) is 18.3 Å². The quantitative estimate of drug-likeness (QED) is 0.323. The van der Waals surface area contributed by atoms with E-state index in [0.717, 1.165) is 31.1 Å². The molecule has 13 nitrogen and oxygen atoms in total. The number of carbonyl (C=O) groups excluding carboxylic acids is 1. The molecule has 4 aromatic heterocycles. The first-order valence-corrected chi connectivity index (χ1v) is 15.3. The molecule has 1 aliphatic carbocycles. The fraction of sp³-hybridized carbons (Fsp3) is 0.462. The molecule has 1 saturated carbocycles. The van der Waals surface area contributed by atoms with E-state index in [1.165, 1.54) is 10.8 Å². The van der Waals surface area contributed by atoms with E-state index in [4.69, 9.17) is 10.7 Å². The first kappa shape index (κ1) is 25.1. The SMILES string of the molecule is CS(=O)(=O)c1c([C@H]2C[C@H]3CC[C@@H](C2)N3C(=O)c2nnc[nH]2)nc2c(-c3ccc(C4(O)CCC4)nc3)cnn2c1N. The van der Waals surface area contributed by atoms with Crippen molar-refractivity contribution in [3.63, 3.8) is 0 Å². The molecule has 40 heavy (non-hydrogen) atoms. The Morgan fingerprint density at radius 1 is 1.18 bits per heavy atom. The van der Waals surface area contributed by atoms with E-state index >= 15 is 0 Å². The molecule has 2 aliphatic heterocycles. The number of fused-ring (bicyclic) bond motifs is 3. The lowest BCUT2D eigenvalue weighted by Gasteiger charge is -2.38. The van der Waals surface area contributed by atoms with Gasteiger partial charge in [0.05, 0.1) is 17.6 Å². The van der Waals surface area contributed by atoms with Gasteiger partial charge in [-0.25, -0.2) is 13.4 Å². The molecule has 0 spiro atoms. The summed E-state index contributed by atoms with van der Waals surface area (Å²) >= 11 is 0.